The SMILES string of the molecule is CCCCCC(=O)Oc1cccc(-c2cccs2)c1. The van der Waals surface area contributed by atoms with Crippen LogP contribution in [0.25, 0.3) is 10.4 Å². The van der Waals surface area contributed by atoms with Gasteiger partial charge in [-0.15, -0.1) is 11.3 Å². The molecule has 0 atom stereocenters. The molecule has 2 rings (SSSR count). The number of unbranched alkanes of at least 4 members (excludes halogenated alkanes) is 2. The van der Waals surface area contributed by atoms with Crippen molar-refractivity contribution in [2.45, 2.75) is 32.6 Å². The lowest BCUT2D eigenvalue weighted by Gasteiger charge is -2.05. The second-order valence-corrected chi connectivity index (χ2v) is 5.38. The van der Waals surface area contributed by atoms with Crippen molar-refractivity contribution in [1.29, 1.82) is 0 Å². The predicted octanol–water partition coefficient (Wildman–Crippen LogP) is 4.90. The van der Waals surface area contributed by atoms with Crippen molar-refractivity contribution >= 4 is 17.3 Å². The number of benzene rings is 1. The summed E-state index contributed by atoms with van der Waals surface area (Å²) in [6, 6.07) is 11.8. The molecule has 3 heteroatoms. The van der Waals surface area contributed by atoms with Gasteiger partial charge in [-0.2, -0.15) is 0 Å². The van der Waals surface area contributed by atoms with E-state index in [1.165, 1.54) is 4.88 Å². The summed E-state index contributed by atoms with van der Waals surface area (Å²) in [5.74, 6) is 0.490. The van der Waals surface area contributed by atoms with E-state index in [0.29, 0.717) is 12.2 Å². The van der Waals surface area contributed by atoms with Gasteiger partial charge in [0.05, 0.1) is 0 Å². The quantitative estimate of drug-likeness (QED) is 0.425. The van der Waals surface area contributed by atoms with Gasteiger partial charge >= 0.3 is 5.97 Å². The third-order valence-electron chi connectivity index (χ3n) is 2.86. The van der Waals surface area contributed by atoms with Crippen molar-refractivity contribution < 1.29 is 9.53 Å². The Kier molecular flexibility index (Phi) is 5.16. The number of hydrogen-bond donors (Lipinski definition) is 0. The Labute approximate surface area is 118 Å². The number of ether oxygens (including phenoxy) is 1. The van der Waals surface area contributed by atoms with E-state index in [1.807, 2.05) is 35.7 Å². The molecular formula is C16H18O2S. The highest BCUT2D eigenvalue weighted by Crippen LogP contribution is 2.27. The maximum absolute atomic E-state index is 11.7. The number of thiophene rings is 1. The lowest BCUT2D eigenvalue weighted by atomic mass is 10.2. The van der Waals surface area contributed by atoms with Gasteiger partial charge < -0.3 is 4.74 Å². The smallest absolute Gasteiger partial charge is 0.311 e. The minimum atomic E-state index is -0.142. The van der Waals surface area contributed by atoms with Crippen LogP contribution in [0, 0.1) is 0 Å². The van der Waals surface area contributed by atoms with Gasteiger partial charge in [0, 0.05) is 11.3 Å². The molecule has 0 aliphatic heterocycles. The van der Waals surface area contributed by atoms with Crippen LogP contribution >= 0.6 is 11.3 Å². The summed E-state index contributed by atoms with van der Waals surface area (Å²) in [6.45, 7) is 2.12. The Bertz CT molecular complexity index is 517. The molecule has 0 bridgehead atoms. The Morgan fingerprint density at radius 1 is 1.21 bits per heavy atom. The fraction of sp³-hybridized carbons (Fsp3) is 0.312. The lowest BCUT2D eigenvalue weighted by molar-refractivity contribution is -0.134. The van der Waals surface area contributed by atoms with Crippen LogP contribution in [0.2, 0.25) is 0 Å². The van der Waals surface area contributed by atoms with Crippen LogP contribution in [0.15, 0.2) is 41.8 Å². The van der Waals surface area contributed by atoms with Crippen molar-refractivity contribution in [3.63, 3.8) is 0 Å². The summed E-state index contributed by atoms with van der Waals surface area (Å²) < 4.78 is 5.37. The first kappa shape index (κ1) is 13.8. The standard InChI is InChI=1S/C16H18O2S/c1-2-3-4-10-16(17)18-14-8-5-7-13(12-14)15-9-6-11-19-15/h5-9,11-12H,2-4,10H2,1H3. The zero-order chi connectivity index (χ0) is 13.5. The number of esters is 1. The first-order chi connectivity index (χ1) is 9.29. The van der Waals surface area contributed by atoms with Crippen molar-refractivity contribution in [3.8, 4) is 16.2 Å². The van der Waals surface area contributed by atoms with Crippen LogP contribution in [0.5, 0.6) is 5.75 Å². The molecular weight excluding hydrogens is 256 g/mol. The molecule has 0 N–H and O–H groups in total. The highest BCUT2D eigenvalue weighted by atomic mass is 32.1. The molecule has 19 heavy (non-hydrogen) atoms. The maximum Gasteiger partial charge on any atom is 0.311 e. The van der Waals surface area contributed by atoms with Crippen molar-refractivity contribution in [3.05, 3.63) is 41.8 Å². The molecule has 0 spiro atoms. The van der Waals surface area contributed by atoms with E-state index in [1.54, 1.807) is 11.3 Å². The summed E-state index contributed by atoms with van der Waals surface area (Å²) in [6.07, 6.45) is 3.59. The zero-order valence-electron chi connectivity index (χ0n) is 11.1. The van der Waals surface area contributed by atoms with Gasteiger partial charge in [-0.3, -0.25) is 4.79 Å². The Morgan fingerprint density at radius 2 is 2.11 bits per heavy atom. The summed E-state index contributed by atoms with van der Waals surface area (Å²) in [5.41, 5.74) is 1.09. The van der Waals surface area contributed by atoms with Gasteiger partial charge in [0.2, 0.25) is 0 Å². The molecule has 1 aromatic carbocycles. The largest absolute Gasteiger partial charge is 0.427 e. The molecule has 1 heterocycles. The molecule has 100 valence electrons. The molecule has 0 saturated heterocycles. The number of hydrogen-bond acceptors (Lipinski definition) is 3. The normalized spacial score (nSPS) is 10.4. The average Bonchev–Trinajstić information content (AvgIpc) is 2.93. The predicted molar refractivity (Wildman–Crippen MR) is 79.5 cm³/mol. The van der Waals surface area contributed by atoms with Gasteiger partial charge in [0.25, 0.3) is 0 Å². The summed E-state index contributed by atoms with van der Waals surface area (Å²) >= 11 is 1.68. The van der Waals surface area contributed by atoms with Crippen molar-refractivity contribution in [2.24, 2.45) is 0 Å². The molecule has 2 aromatic rings. The van der Waals surface area contributed by atoms with Crippen LogP contribution < -0.4 is 4.74 Å². The van der Waals surface area contributed by atoms with E-state index in [2.05, 4.69) is 13.0 Å². The third-order valence-corrected chi connectivity index (χ3v) is 3.77. The molecule has 0 saturated carbocycles. The van der Waals surface area contributed by atoms with Crippen LogP contribution in [-0.2, 0) is 4.79 Å². The summed E-state index contributed by atoms with van der Waals surface area (Å²) in [4.78, 5) is 12.8. The first-order valence-corrected chi connectivity index (χ1v) is 7.52. The van der Waals surface area contributed by atoms with Crippen LogP contribution in [0.4, 0.5) is 0 Å². The highest BCUT2D eigenvalue weighted by molar-refractivity contribution is 7.13. The minimum Gasteiger partial charge on any atom is -0.427 e. The van der Waals surface area contributed by atoms with Gasteiger partial charge in [0.15, 0.2) is 0 Å². The monoisotopic (exact) mass is 274 g/mol. The Hall–Kier alpha value is -1.61. The molecule has 0 amide bonds. The van der Waals surface area contributed by atoms with Crippen LogP contribution in [-0.4, -0.2) is 5.97 Å². The van der Waals surface area contributed by atoms with E-state index in [9.17, 15) is 4.79 Å². The van der Waals surface area contributed by atoms with E-state index < -0.39 is 0 Å². The first-order valence-electron chi connectivity index (χ1n) is 6.64. The second-order valence-electron chi connectivity index (χ2n) is 4.44. The zero-order valence-corrected chi connectivity index (χ0v) is 11.9. The fourth-order valence-electron chi connectivity index (χ4n) is 1.86. The molecule has 1 aromatic heterocycles. The van der Waals surface area contributed by atoms with Gasteiger partial charge in [0.1, 0.15) is 5.75 Å². The number of carbonyl (C=O) groups is 1. The minimum absolute atomic E-state index is 0.142. The van der Waals surface area contributed by atoms with Crippen molar-refractivity contribution in [2.75, 3.05) is 0 Å². The van der Waals surface area contributed by atoms with Gasteiger partial charge in [-0.25, -0.2) is 0 Å². The van der Waals surface area contributed by atoms with Gasteiger partial charge in [-0.05, 0) is 35.6 Å². The number of carbonyl (C=O) groups excluding carboxylic acids is 1. The molecule has 0 fully saturated rings. The fourth-order valence-corrected chi connectivity index (χ4v) is 2.58. The Morgan fingerprint density at radius 3 is 2.84 bits per heavy atom. The summed E-state index contributed by atoms with van der Waals surface area (Å²) in [7, 11) is 0. The summed E-state index contributed by atoms with van der Waals surface area (Å²) in [5, 5.41) is 2.04. The van der Waals surface area contributed by atoms with E-state index >= 15 is 0 Å². The molecule has 0 aliphatic rings. The highest BCUT2D eigenvalue weighted by Gasteiger charge is 2.06. The van der Waals surface area contributed by atoms with E-state index in [4.69, 9.17) is 4.74 Å². The number of rotatable bonds is 6. The Balaban J connectivity index is 1.97. The van der Waals surface area contributed by atoms with Crippen LogP contribution in [0.1, 0.15) is 32.6 Å². The molecule has 2 nitrogen and oxygen atoms in total. The van der Waals surface area contributed by atoms with E-state index in [0.717, 1.165) is 24.8 Å². The van der Waals surface area contributed by atoms with Gasteiger partial charge in [-0.1, -0.05) is 38.0 Å². The molecule has 0 unspecified atom stereocenters. The third kappa shape index (κ3) is 4.21. The topological polar surface area (TPSA) is 26.3 Å². The second kappa shape index (κ2) is 7.10. The van der Waals surface area contributed by atoms with E-state index in [-0.39, 0.29) is 5.97 Å². The lowest BCUT2D eigenvalue weighted by Crippen LogP contribution is -2.07. The van der Waals surface area contributed by atoms with Crippen LogP contribution in [0.3, 0.4) is 0 Å². The van der Waals surface area contributed by atoms with Crippen molar-refractivity contribution in [1.82, 2.24) is 0 Å². The average molecular weight is 274 g/mol. The molecule has 0 aliphatic carbocycles. The molecule has 0 radical (unpaired) electrons. The maximum atomic E-state index is 11.7.